The molecule has 0 amide bonds. The van der Waals surface area contributed by atoms with Crippen LogP contribution in [0.5, 0.6) is 0 Å². The van der Waals surface area contributed by atoms with Crippen LogP contribution in [0.4, 0.5) is 0 Å². The summed E-state index contributed by atoms with van der Waals surface area (Å²) in [5.74, 6) is 0.511. The molecule has 0 aromatic heterocycles. The fourth-order valence-electron chi connectivity index (χ4n) is 1.46. The molecule has 1 aliphatic rings. The molecule has 0 heterocycles. The average Bonchev–Trinajstić information content (AvgIpc) is 2.30. The molecule has 1 nitrogen and oxygen atoms in total. The van der Waals surface area contributed by atoms with Crippen molar-refractivity contribution in [1.29, 1.82) is 0 Å². The molecule has 0 aliphatic heterocycles. The summed E-state index contributed by atoms with van der Waals surface area (Å²) in [4.78, 5) is 11.3. The Morgan fingerprint density at radius 2 is 2.08 bits per heavy atom. The van der Waals surface area contributed by atoms with Gasteiger partial charge in [-0.15, -0.1) is 0 Å². The van der Waals surface area contributed by atoms with Crippen molar-refractivity contribution >= 4 is 17.4 Å². The van der Waals surface area contributed by atoms with Crippen molar-refractivity contribution in [2.45, 2.75) is 26.7 Å². The number of allylic oxidation sites excluding steroid dienone is 3. The molecule has 0 unspecified atom stereocenters. The molecular weight excluding hydrogens is 172 g/mol. The second-order valence-corrected chi connectivity index (χ2v) is 3.95. The lowest BCUT2D eigenvalue weighted by atomic mass is 10.0. The molecule has 0 radical (unpaired) electrons. The van der Waals surface area contributed by atoms with Crippen LogP contribution in [0.1, 0.15) is 26.7 Å². The molecule has 2 heteroatoms. The lowest BCUT2D eigenvalue weighted by molar-refractivity contribution is -0.114. The van der Waals surface area contributed by atoms with E-state index in [1.807, 2.05) is 6.92 Å². The standard InChI is InChI=1S/C10H13ClO/c1-6(2)8-4-9(7(3)11)10(12)5-8/h8H,1,4-5H2,2-3H3/b9-7-/t8-/m0/s1. The molecule has 0 saturated heterocycles. The topological polar surface area (TPSA) is 17.1 Å². The first kappa shape index (κ1) is 9.53. The molecule has 0 N–H and O–H groups in total. The largest absolute Gasteiger partial charge is 0.294 e. The van der Waals surface area contributed by atoms with Crippen molar-refractivity contribution in [3.8, 4) is 0 Å². The Balaban J connectivity index is 2.83. The van der Waals surface area contributed by atoms with Crippen molar-refractivity contribution in [2.24, 2.45) is 5.92 Å². The number of hydrogen-bond donors (Lipinski definition) is 0. The van der Waals surface area contributed by atoms with E-state index in [0.29, 0.717) is 17.4 Å². The van der Waals surface area contributed by atoms with Gasteiger partial charge in [0.2, 0.25) is 0 Å². The predicted molar refractivity (Wildman–Crippen MR) is 51.1 cm³/mol. The smallest absolute Gasteiger partial charge is 0.160 e. The van der Waals surface area contributed by atoms with E-state index in [1.54, 1.807) is 6.92 Å². The second kappa shape index (κ2) is 3.44. The molecule has 1 aliphatic carbocycles. The van der Waals surface area contributed by atoms with E-state index < -0.39 is 0 Å². The van der Waals surface area contributed by atoms with Crippen LogP contribution in [0.25, 0.3) is 0 Å². The number of ketones is 1. The fourth-order valence-corrected chi connectivity index (χ4v) is 1.64. The number of carbonyl (C=O) groups is 1. The molecule has 1 rings (SSSR count). The van der Waals surface area contributed by atoms with E-state index in [2.05, 4.69) is 6.58 Å². The van der Waals surface area contributed by atoms with E-state index in [4.69, 9.17) is 11.6 Å². The maximum atomic E-state index is 11.3. The second-order valence-electron chi connectivity index (χ2n) is 3.39. The normalized spacial score (nSPS) is 27.6. The highest BCUT2D eigenvalue weighted by Crippen LogP contribution is 2.34. The Morgan fingerprint density at radius 1 is 1.50 bits per heavy atom. The Hall–Kier alpha value is -0.560. The van der Waals surface area contributed by atoms with Crippen LogP contribution in [0.2, 0.25) is 0 Å². The van der Waals surface area contributed by atoms with Gasteiger partial charge in [0.1, 0.15) is 0 Å². The van der Waals surface area contributed by atoms with Crippen molar-refractivity contribution in [2.75, 3.05) is 0 Å². The molecule has 1 atom stereocenters. The van der Waals surface area contributed by atoms with Gasteiger partial charge in [-0.05, 0) is 26.2 Å². The lowest BCUT2D eigenvalue weighted by Crippen LogP contribution is -1.95. The third kappa shape index (κ3) is 1.78. The van der Waals surface area contributed by atoms with Gasteiger partial charge in [-0.25, -0.2) is 0 Å². The summed E-state index contributed by atoms with van der Waals surface area (Å²) in [6.45, 7) is 7.58. The minimum absolute atomic E-state index is 0.190. The first-order valence-electron chi connectivity index (χ1n) is 4.06. The zero-order chi connectivity index (χ0) is 9.30. The van der Waals surface area contributed by atoms with Gasteiger partial charge in [0, 0.05) is 17.0 Å². The summed E-state index contributed by atoms with van der Waals surface area (Å²) in [6.07, 6.45) is 1.37. The molecule has 0 bridgehead atoms. The van der Waals surface area contributed by atoms with Gasteiger partial charge in [-0.3, -0.25) is 4.79 Å². The Bertz CT molecular complexity index is 259. The Morgan fingerprint density at radius 3 is 2.33 bits per heavy atom. The summed E-state index contributed by atoms with van der Waals surface area (Å²) < 4.78 is 0. The third-order valence-electron chi connectivity index (χ3n) is 2.33. The van der Waals surface area contributed by atoms with Crippen molar-refractivity contribution in [1.82, 2.24) is 0 Å². The SMILES string of the molecule is C=C(C)[C@@H]1CC(=O)/C(=C(/C)Cl)C1. The van der Waals surface area contributed by atoms with E-state index in [-0.39, 0.29) is 5.78 Å². The summed E-state index contributed by atoms with van der Waals surface area (Å²) in [5, 5.41) is 0.642. The molecule has 0 aromatic carbocycles. The van der Waals surface area contributed by atoms with Crippen LogP contribution in [0.3, 0.4) is 0 Å². The summed E-state index contributed by atoms with van der Waals surface area (Å²) in [7, 11) is 0. The number of halogens is 1. The highest BCUT2D eigenvalue weighted by Gasteiger charge is 2.28. The highest BCUT2D eigenvalue weighted by molar-refractivity contribution is 6.31. The summed E-state index contributed by atoms with van der Waals surface area (Å²) in [5.41, 5.74) is 1.88. The van der Waals surface area contributed by atoms with E-state index in [1.165, 1.54) is 0 Å². The lowest BCUT2D eigenvalue weighted by Gasteiger charge is -2.04. The summed E-state index contributed by atoms with van der Waals surface area (Å²) >= 11 is 5.78. The average molecular weight is 185 g/mol. The maximum absolute atomic E-state index is 11.3. The van der Waals surface area contributed by atoms with Gasteiger partial charge in [0.05, 0.1) is 0 Å². The zero-order valence-electron chi connectivity index (χ0n) is 7.48. The first-order chi connectivity index (χ1) is 5.52. The van der Waals surface area contributed by atoms with Crippen molar-refractivity contribution in [3.63, 3.8) is 0 Å². The van der Waals surface area contributed by atoms with Crippen LogP contribution < -0.4 is 0 Å². The molecule has 0 aromatic rings. The van der Waals surface area contributed by atoms with Crippen molar-refractivity contribution < 1.29 is 4.79 Å². The molecule has 0 spiro atoms. The van der Waals surface area contributed by atoms with Crippen LogP contribution in [0.15, 0.2) is 22.8 Å². The van der Waals surface area contributed by atoms with Gasteiger partial charge in [-0.2, -0.15) is 0 Å². The number of Topliss-reactive ketones (excluding diaryl/α,β-unsaturated/α-hetero) is 1. The van der Waals surface area contributed by atoms with E-state index >= 15 is 0 Å². The molecule has 1 fully saturated rings. The molecular formula is C10H13ClO. The minimum Gasteiger partial charge on any atom is -0.294 e. The van der Waals surface area contributed by atoms with Gasteiger partial charge in [0.15, 0.2) is 5.78 Å². The monoisotopic (exact) mass is 184 g/mol. The van der Waals surface area contributed by atoms with Gasteiger partial charge in [0.25, 0.3) is 0 Å². The number of rotatable bonds is 1. The molecule has 66 valence electrons. The van der Waals surface area contributed by atoms with Crippen LogP contribution >= 0.6 is 11.6 Å². The Kier molecular flexibility index (Phi) is 2.73. The molecule has 12 heavy (non-hydrogen) atoms. The van der Waals surface area contributed by atoms with Crippen molar-refractivity contribution in [3.05, 3.63) is 22.8 Å². The zero-order valence-corrected chi connectivity index (χ0v) is 8.24. The minimum atomic E-state index is 0.190. The highest BCUT2D eigenvalue weighted by atomic mass is 35.5. The van der Waals surface area contributed by atoms with Gasteiger partial charge >= 0.3 is 0 Å². The van der Waals surface area contributed by atoms with Gasteiger partial charge < -0.3 is 0 Å². The fraction of sp³-hybridized carbons (Fsp3) is 0.500. The quantitative estimate of drug-likeness (QED) is 0.452. The van der Waals surface area contributed by atoms with Crippen LogP contribution in [-0.2, 0) is 4.79 Å². The third-order valence-corrected chi connectivity index (χ3v) is 2.56. The van der Waals surface area contributed by atoms with E-state index in [0.717, 1.165) is 17.6 Å². The molecule has 1 saturated carbocycles. The van der Waals surface area contributed by atoms with Crippen LogP contribution in [-0.4, -0.2) is 5.78 Å². The first-order valence-corrected chi connectivity index (χ1v) is 4.44. The maximum Gasteiger partial charge on any atom is 0.160 e. The van der Waals surface area contributed by atoms with Gasteiger partial charge in [-0.1, -0.05) is 23.8 Å². The summed E-state index contributed by atoms with van der Waals surface area (Å²) in [6, 6.07) is 0. The van der Waals surface area contributed by atoms with E-state index in [9.17, 15) is 4.79 Å². The number of hydrogen-bond acceptors (Lipinski definition) is 1. The Labute approximate surface area is 78.1 Å². The van der Waals surface area contributed by atoms with Crippen LogP contribution in [0, 0.1) is 5.92 Å². The predicted octanol–water partition coefficient (Wildman–Crippen LogP) is 3.05. The number of carbonyl (C=O) groups excluding carboxylic acids is 1.